The molecule has 0 aromatic heterocycles. The van der Waals surface area contributed by atoms with E-state index < -0.39 is 0 Å². The molecule has 1 aliphatic carbocycles. The van der Waals surface area contributed by atoms with Crippen molar-refractivity contribution in [1.29, 1.82) is 0 Å². The zero-order chi connectivity index (χ0) is 25.9. The van der Waals surface area contributed by atoms with E-state index in [1.165, 1.54) is 0 Å². The van der Waals surface area contributed by atoms with Crippen LogP contribution in [0.4, 0.5) is 0 Å². The van der Waals surface area contributed by atoms with Crippen LogP contribution in [-0.2, 0) is 30.2 Å². The van der Waals surface area contributed by atoms with Crippen LogP contribution >= 0.6 is 0 Å². The van der Waals surface area contributed by atoms with E-state index in [1.54, 1.807) is 7.11 Å². The Bertz CT molecular complexity index is 867. The quantitative estimate of drug-likeness (QED) is 0.294. The van der Waals surface area contributed by atoms with Crippen LogP contribution in [0.1, 0.15) is 58.4 Å². The molecule has 0 radical (unpaired) electrons. The van der Waals surface area contributed by atoms with Crippen LogP contribution in [-0.4, -0.2) is 81.3 Å². The van der Waals surface area contributed by atoms with Gasteiger partial charge in [0.2, 0.25) is 0 Å². The summed E-state index contributed by atoms with van der Waals surface area (Å²) in [5.74, 6) is 1.38. The van der Waals surface area contributed by atoms with Gasteiger partial charge in [-0.3, -0.25) is 4.79 Å². The number of aryl methyl sites for hydroxylation is 1. The van der Waals surface area contributed by atoms with E-state index in [2.05, 4.69) is 25.7 Å². The number of likely N-dealkylation sites (N-methyl/N-ethyl adjacent to an activating group) is 1. The first-order chi connectivity index (χ1) is 17.2. The lowest BCUT2D eigenvalue weighted by Gasteiger charge is -2.42. The summed E-state index contributed by atoms with van der Waals surface area (Å²) in [5, 5.41) is 0. The summed E-state index contributed by atoms with van der Waals surface area (Å²) >= 11 is 0. The van der Waals surface area contributed by atoms with Crippen molar-refractivity contribution >= 4 is 5.97 Å². The number of nitrogens with zero attached hydrogens (tertiary/aromatic N) is 1. The molecule has 0 bridgehead atoms. The Morgan fingerprint density at radius 2 is 1.94 bits per heavy atom. The standard InChI is InChI=1S/C29H45NO6/c1-20(2)7-13-24-28(3,36-24)27-26(32-6)23(15-16-29(27)19-34-29)35-25(31)14-10-21-8-11-22(12-9-21)33-18-17-30(4)5/h8-9,11-12,20,23-24,26-27H,7,10,13-19H2,1-6H3/t23?,24-,26-,27-,28+,29+/m1/s1. The molecule has 3 aliphatic rings. The second-order valence-electron chi connectivity index (χ2n) is 11.7. The maximum Gasteiger partial charge on any atom is 0.306 e. The number of ether oxygens (including phenoxy) is 5. The van der Waals surface area contributed by atoms with Crippen LogP contribution in [0.3, 0.4) is 0 Å². The Labute approximate surface area is 216 Å². The van der Waals surface area contributed by atoms with Gasteiger partial charge >= 0.3 is 5.97 Å². The van der Waals surface area contributed by atoms with Crippen molar-refractivity contribution in [2.45, 2.75) is 88.8 Å². The van der Waals surface area contributed by atoms with Gasteiger partial charge in [0.1, 0.15) is 35.8 Å². The highest BCUT2D eigenvalue weighted by Gasteiger charge is 2.72. The zero-order valence-electron chi connectivity index (χ0n) is 23.0. The molecule has 6 atom stereocenters. The fraction of sp³-hybridized carbons (Fsp3) is 0.759. The van der Waals surface area contributed by atoms with E-state index in [4.69, 9.17) is 23.7 Å². The highest BCUT2D eigenvalue weighted by atomic mass is 16.6. The summed E-state index contributed by atoms with van der Waals surface area (Å²) in [6.45, 7) is 8.94. The second-order valence-corrected chi connectivity index (χ2v) is 11.7. The highest BCUT2D eigenvalue weighted by molar-refractivity contribution is 5.70. The minimum absolute atomic E-state index is 0.0683. The maximum absolute atomic E-state index is 12.8. The predicted octanol–water partition coefficient (Wildman–Crippen LogP) is 4.26. The van der Waals surface area contributed by atoms with Crippen molar-refractivity contribution in [1.82, 2.24) is 4.90 Å². The van der Waals surface area contributed by atoms with Gasteiger partial charge in [0.15, 0.2) is 0 Å². The number of methoxy groups -OCH3 is 1. The molecular weight excluding hydrogens is 458 g/mol. The number of rotatable bonds is 13. The Balaban J connectivity index is 1.30. The number of esters is 1. The molecule has 0 N–H and O–H groups in total. The lowest BCUT2D eigenvalue weighted by Crippen LogP contribution is -2.55. The molecule has 7 heteroatoms. The fourth-order valence-electron chi connectivity index (χ4n) is 5.85. The molecular formula is C29H45NO6. The zero-order valence-corrected chi connectivity index (χ0v) is 23.0. The Morgan fingerprint density at radius 1 is 1.22 bits per heavy atom. The third kappa shape index (κ3) is 6.42. The molecule has 1 unspecified atom stereocenters. The third-order valence-corrected chi connectivity index (χ3v) is 8.13. The van der Waals surface area contributed by atoms with Crippen molar-refractivity contribution in [3.63, 3.8) is 0 Å². The van der Waals surface area contributed by atoms with Crippen molar-refractivity contribution in [3.8, 4) is 5.75 Å². The average Bonchev–Trinajstić information content (AvgIpc) is 3.75. The topological polar surface area (TPSA) is 73.1 Å². The van der Waals surface area contributed by atoms with E-state index in [-0.39, 0.29) is 41.4 Å². The minimum Gasteiger partial charge on any atom is -0.492 e. The third-order valence-electron chi connectivity index (χ3n) is 8.13. The van der Waals surface area contributed by atoms with Gasteiger partial charge in [0.05, 0.1) is 18.6 Å². The van der Waals surface area contributed by atoms with E-state index in [9.17, 15) is 4.79 Å². The molecule has 1 aromatic rings. The fourth-order valence-corrected chi connectivity index (χ4v) is 5.85. The normalized spacial score (nSPS) is 33.2. The summed E-state index contributed by atoms with van der Waals surface area (Å²) in [7, 11) is 5.77. The smallest absolute Gasteiger partial charge is 0.306 e. The van der Waals surface area contributed by atoms with Crippen LogP contribution in [0.2, 0.25) is 0 Å². The van der Waals surface area contributed by atoms with Crippen molar-refractivity contribution in [2.24, 2.45) is 11.8 Å². The monoisotopic (exact) mass is 503 g/mol. The molecule has 3 fully saturated rings. The summed E-state index contributed by atoms with van der Waals surface area (Å²) in [6.07, 6.45) is 4.50. The molecule has 7 nitrogen and oxygen atoms in total. The van der Waals surface area contributed by atoms with E-state index in [1.807, 2.05) is 38.4 Å². The first-order valence-electron chi connectivity index (χ1n) is 13.6. The van der Waals surface area contributed by atoms with Gasteiger partial charge in [0, 0.05) is 20.1 Å². The summed E-state index contributed by atoms with van der Waals surface area (Å²) in [5.41, 5.74) is 0.614. The molecule has 2 saturated heterocycles. The number of carbonyl (C=O) groups excluding carboxylic acids is 1. The second kappa shape index (κ2) is 11.4. The molecule has 36 heavy (non-hydrogen) atoms. The van der Waals surface area contributed by atoms with Crippen LogP contribution in [0.5, 0.6) is 5.75 Å². The Hall–Kier alpha value is -1.67. The molecule has 2 aliphatic heterocycles. The van der Waals surface area contributed by atoms with Crippen LogP contribution in [0, 0.1) is 11.8 Å². The van der Waals surface area contributed by atoms with E-state index in [0.717, 1.165) is 50.1 Å². The highest BCUT2D eigenvalue weighted by Crippen LogP contribution is 2.59. The lowest BCUT2D eigenvalue weighted by atomic mass is 9.68. The predicted molar refractivity (Wildman–Crippen MR) is 138 cm³/mol. The summed E-state index contributed by atoms with van der Waals surface area (Å²) < 4.78 is 30.1. The van der Waals surface area contributed by atoms with Crippen molar-refractivity contribution in [2.75, 3.05) is 41.0 Å². The Kier molecular flexibility index (Phi) is 8.65. The molecule has 1 aromatic carbocycles. The lowest BCUT2D eigenvalue weighted by molar-refractivity contribution is -0.171. The summed E-state index contributed by atoms with van der Waals surface area (Å²) in [4.78, 5) is 14.9. The van der Waals surface area contributed by atoms with Gasteiger partial charge in [-0.15, -0.1) is 0 Å². The number of hydrogen-bond acceptors (Lipinski definition) is 7. The Morgan fingerprint density at radius 3 is 2.56 bits per heavy atom. The molecule has 1 saturated carbocycles. The van der Waals surface area contributed by atoms with Gasteiger partial charge in [-0.2, -0.15) is 0 Å². The number of carbonyl (C=O) groups is 1. The van der Waals surface area contributed by atoms with Gasteiger partial charge in [0.25, 0.3) is 0 Å². The van der Waals surface area contributed by atoms with Gasteiger partial charge < -0.3 is 28.6 Å². The first kappa shape index (κ1) is 27.4. The molecule has 2 heterocycles. The maximum atomic E-state index is 12.8. The van der Waals surface area contributed by atoms with Crippen molar-refractivity contribution < 1.29 is 28.5 Å². The van der Waals surface area contributed by atoms with Crippen LogP contribution in [0.25, 0.3) is 0 Å². The molecule has 4 rings (SSSR count). The molecule has 202 valence electrons. The van der Waals surface area contributed by atoms with Crippen LogP contribution < -0.4 is 4.74 Å². The first-order valence-corrected chi connectivity index (χ1v) is 13.6. The van der Waals surface area contributed by atoms with E-state index in [0.29, 0.717) is 25.4 Å². The van der Waals surface area contributed by atoms with E-state index >= 15 is 0 Å². The van der Waals surface area contributed by atoms with Crippen molar-refractivity contribution in [3.05, 3.63) is 29.8 Å². The van der Waals surface area contributed by atoms with Gasteiger partial charge in [-0.1, -0.05) is 26.0 Å². The van der Waals surface area contributed by atoms with Gasteiger partial charge in [-0.05, 0) is 76.7 Å². The SMILES string of the molecule is CO[C@@H]1C(OC(=O)CCc2ccc(OCCN(C)C)cc2)CC[C@]2(CO2)[C@H]1[C@@]1(C)O[C@@H]1CCC(C)C. The van der Waals surface area contributed by atoms with Crippen LogP contribution in [0.15, 0.2) is 24.3 Å². The summed E-state index contributed by atoms with van der Waals surface area (Å²) in [6, 6.07) is 7.96. The molecule has 0 amide bonds. The largest absolute Gasteiger partial charge is 0.492 e. The number of benzene rings is 1. The number of hydrogen-bond donors (Lipinski definition) is 0. The minimum atomic E-state index is -0.284. The van der Waals surface area contributed by atoms with Gasteiger partial charge in [-0.25, -0.2) is 0 Å². The molecule has 1 spiro atoms. The number of epoxide rings is 2. The average molecular weight is 504 g/mol.